The minimum atomic E-state index is -0.394. The zero-order valence-corrected chi connectivity index (χ0v) is 17.6. The Bertz CT molecular complexity index is 918. The third-order valence-electron chi connectivity index (χ3n) is 5.42. The van der Waals surface area contributed by atoms with Gasteiger partial charge in [0.25, 0.3) is 11.6 Å². The summed E-state index contributed by atoms with van der Waals surface area (Å²) in [5.74, 6) is 0.156. The van der Waals surface area contributed by atoms with Crippen molar-refractivity contribution in [1.82, 2.24) is 0 Å². The number of carbonyl (C=O) groups excluding carboxylic acids is 1. The van der Waals surface area contributed by atoms with Crippen molar-refractivity contribution in [3.8, 4) is 0 Å². The molecule has 1 aliphatic rings. The van der Waals surface area contributed by atoms with Gasteiger partial charge < -0.3 is 10.2 Å². The summed E-state index contributed by atoms with van der Waals surface area (Å²) >= 11 is 0. The molecule has 29 heavy (non-hydrogen) atoms. The summed E-state index contributed by atoms with van der Waals surface area (Å²) in [4.78, 5) is 26.2. The second-order valence-electron chi connectivity index (χ2n) is 8.90. The van der Waals surface area contributed by atoms with Gasteiger partial charge in [-0.05, 0) is 47.9 Å². The first-order chi connectivity index (χ1) is 13.7. The van der Waals surface area contributed by atoms with E-state index in [0.29, 0.717) is 11.6 Å². The maximum Gasteiger partial charge on any atom is 0.293 e. The van der Waals surface area contributed by atoms with E-state index in [0.717, 1.165) is 37.2 Å². The Labute approximate surface area is 172 Å². The summed E-state index contributed by atoms with van der Waals surface area (Å²) in [5, 5.41) is 14.6. The van der Waals surface area contributed by atoms with Crippen LogP contribution in [0.5, 0.6) is 0 Å². The fraction of sp³-hybridized carbons (Fsp3) is 0.435. The molecule has 3 rings (SSSR count). The third-order valence-corrected chi connectivity index (χ3v) is 5.42. The van der Waals surface area contributed by atoms with Crippen LogP contribution >= 0.6 is 0 Å². The van der Waals surface area contributed by atoms with Crippen LogP contribution in [-0.2, 0) is 5.41 Å². The van der Waals surface area contributed by atoms with Gasteiger partial charge in [0, 0.05) is 30.4 Å². The van der Waals surface area contributed by atoms with Crippen molar-refractivity contribution in [2.45, 2.75) is 46.0 Å². The Morgan fingerprint density at radius 2 is 1.93 bits per heavy atom. The standard InChI is InChI=1S/C23H29N3O3/c1-16-8-7-13-25(15-16)20-12-11-17(14-21(20)26(28)29)22(27)24-19-10-6-5-9-18(19)23(2,3)4/h5-6,9-12,14,16H,7-8,13,15H2,1-4H3,(H,24,27)/t16-/m1/s1. The normalized spacial score (nSPS) is 17.1. The average molecular weight is 396 g/mol. The number of nitro benzene ring substituents is 1. The fourth-order valence-corrected chi connectivity index (χ4v) is 3.93. The van der Waals surface area contributed by atoms with E-state index in [1.807, 2.05) is 24.3 Å². The maximum atomic E-state index is 12.9. The molecule has 2 aromatic carbocycles. The molecule has 0 radical (unpaired) electrons. The molecule has 0 unspecified atom stereocenters. The van der Waals surface area contributed by atoms with Gasteiger partial charge in [0.15, 0.2) is 0 Å². The molecular formula is C23H29N3O3. The molecule has 154 valence electrons. The molecular weight excluding hydrogens is 366 g/mol. The Hall–Kier alpha value is -2.89. The Morgan fingerprint density at radius 1 is 1.21 bits per heavy atom. The monoisotopic (exact) mass is 395 g/mol. The van der Waals surface area contributed by atoms with E-state index in [1.54, 1.807) is 12.1 Å². The molecule has 1 fully saturated rings. The number of hydrogen-bond acceptors (Lipinski definition) is 4. The molecule has 0 aliphatic carbocycles. The van der Waals surface area contributed by atoms with Gasteiger partial charge in [0.05, 0.1) is 4.92 Å². The molecule has 0 spiro atoms. The van der Waals surface area contributed by atoms with Gasteiger partial charge in [-0.1, -0.05) is 45.9 Å². The first-order valence-corrected chi connectivity index (χ1v) is 10.1. The molecule has 0 saturated carbocycles. The number of nitrogens with zero attached hydrogens (tertiary/aromatic N) is 2. The SMILES string of the molecule is C[C@@H]1CCCN(c2ccc(C(=O)Nc3ccccc3C(C)(C)C)cc2[N+](=O)[O-])C1. The highest BCUT2D eigenvalue weighted by atomic mass is 16.6. The molecule has 6 heteroatoms. The smallest absolute Gasteiger partial charge is 0.293 e. The van der Waals surface area contributed by atoms with Crippen LogP contribution in [-0.4, -0.2) is 23.9 Å². The first kappa shape index (κ1) is 20.8. The van der Waals surface area contributed by atoms with Crippen molar-refractivity contribution >= 4 is 23.0 Å². The quantitative estimate of drug-likeness (QED) is 0.557. The van der Waals surface area contributed by atoms with Crippen molar-refractivity contribution in [2.24, 2.45) is 5.92 Å². The number of piperidine rings is 1. The fourth-order valence-electron chi connectivity index (χ4n) is 3.93. The summed E-state index contributed by atoms with van der Waals surface area (Å²) in [5.41, 5.74) is 2.46. The van der Waals surface area contributed by atoms with Crippen LogP contribution < -0.4 is 10.2 Å². The van der Waals surface area contributed by atoms with Crippen LogP contribution in [0.2, 0.25) is 0 Å². The molecule has 1 amide bonds. The number of nitro groups is 1. The van der Waals surface area contributed by atoms with Gasteiger partial charge >= 0.3 is 0 Å². The van der Waals surface area contributed by atoms with Gasteiger partial charge in [0.2, 0.25) is 0 Å². The topological polar surface area (TPSA) is 75.5 Å². The van der Waals surface area contributed by atoms with Crippen molar-refractivity contribution in [2.75, 3.05) is 23.3 Å². The number of nitrogens with one attached hydrogen (secondary N) is 1. The summed E-state index contributed by atoms with van der Waals surface area (Å²) < 4.78 is 0. The van der Waals surface area contributed by atoms with E-state index in [9.17, 15) is 14.9 Å². The summed E-state index contributed by atoms with van der Waals surface area (Å²) in [6, 6.07) is 12.4. The highest BCUT2D eigenvalue weighted by Crippen LogP contribution is 2.33. The molecule has 1 heterocycles. The number of rotatable bonds is 4. The van der Waals surface area contributed by atoms with Crippen LogP contribution in [0.25, 0.3) is 0 Å². The number of anilines is 2. The first-order valence-electron chi connectivity index (χ1n) is 10.1. The Balaban J connectivity index is 1.89. The highest BCUT2D eigenvalue weighted by molar-refractivity contribution is 6.05. The minimum absolute atomic E-state index is 0.0177. The van der Waals surface area contributed by atoms with Crippen molar-refractivity contribution in [3.63, 3.8) is 0 Å². The van der Waals surface area contributed by atoms with E-state index in [2.05, 4.69) is 37.9 Å². The van der Waals surface area contributed by atoms with Crippen LogP contribution in [0.1, 0.15) is 56.5 Å². The Morgan fingerprint density at radius 3 is 2.59 bits per heavy atom. The molecule has 2 aromatic rings. The lowest BCUT2D eigenvalue weighted by molar-refractivity contribution is -0.384. The van der Waals surface area contributed by atoms with Gasteiger partial charge in [-0.3, -0.25) is 14.9 Å². The van der Waals surface area contributed by atoms with E-state index < -0.39 is 4.92 Å². The lowest BCUT2D eigenvalue weighted by Gasteiger charge is -2.32. The van der Waals surface area contributed by atoms with E-state index in [4.69, 9.17) is 0 Å². The summed E-state index contributed by atoms with van der Waals surface area (Å²) in [6.45, 7) is 10.00. The predicted molar refractivity (Wildman–Crippen MR) is 117 cm³/mol. The Kier molecular flexibility index (Phi) is 5.91. The number of para-hydroxylation sites is 1. The van der Waals surface area contributed by atoms with Crippen molar-refractivity contribution in [1.29, 1.82) is 0 Å². The van der Waals surface area contributed by atoms with Crippen LogP contribution in [0.15, 0.2) is 42.5 Å². The largest absolute Gasteiger partial charge is 0.366 e. The van der Waals surface area contributed by atoms with Gasteiger partial charge in [-0.15, -0.1) is 0 Å². The number of benzene rings is 2. The van der Waals surface area contributed by atoms with Gasteiger partial charge in [0.1, 0.15) is 5.69 Å². The lowest BCUT2D eigenvalue weighted by Crippen LogP contribution is -2.34. The number of carbonyl (C=O) groups is 1. The molecule has 0 bridgehead atoms. The van der Waals surface area contributed by atoms with Gasteiger partial charge in [-0.25, -0.2) is 0 Å². The summed E-state index contributed by atoms with van der Waals surface area (Å²) in [6.07, 6.45) is 2.15. The zero-order valence-electron chi connectivity index (χ0n) is 17.6. The zero-order chi connectivity index (χ0) is 21.2. The predicted octanol–water partition coefficient (Wildman–Crippen LogP) is 5.38. The molecule has 1 N–H and O–H groups in total. The second kappa shape index (κ2) is 8.23. The summed E-state index contributed by atoms with van der Waals surface area (Å²) in [7, 11) is 0. The highest BCUT2D eigenvalue weighted by Gasteiger charge is 2.26. The molecule has 6 nitrogen and oxygen atoms in total. The molecule has 0 aromatic heterocycles. The molecule has 1 atom stereocenters. The van der Waals surface area contributed by atoms with Crippen LogP contribution in [0.4, 0.5) is 17.1 Å². The third kappa shape index (κ3) is 4.75. The van der Waals surface area contributed by atoms with Gasteiger partial charge in [-0.2, -0.15) is 0 Å². The van der Waals surface area contributed by atoms with Crippen LogP contribution in [0, 0.1) is 16.0 Å². The maximum absolute atomic E-state index is 12.9. The second-order valence-corrected chi connectivity index (χ2v) is 8.90. The average Bonchev–Trinajstić information content (AvgIpc) is 2.67. The van der Waals surface area contributed by atoms with E-state index in [1.165, 1.54) is 6.07 Å². The number of hydrogen-bond donors (Lipinski definition) is 1. The number of amides is 1. The van der Waals surface area contributed by atoms with Crippen LogP contribution in [0.3, 0.4) is 0 Å². The lowest BCUT2D eigenvalue weighted by atomic mass is 9.86. The molecule has 1 saturated heterocycles. The van der Waals surface area contributed by atoms with E-state index in [-0.39, 0.29) is 22.6 Å². The van der Waals surface area contributed by atoms with E-state index >= 15 is 0 Å². The molecule has 1 aliphatic heterocycles. The van der Waals surface area contributed by atoms with Crippen molar-refractivity contribution in [3.05, 3.63) is 63.7 Å². The minimum Gasteiger partial charge on any atom is -0.366 e. The van der Waals surface area contributed by atoms with Crippen molar-refractivity contribution < 1.29 is 9.72 Å².